The van der Waals surface area contributed by atoms with Crippen molar-refractivity contribution < 1.29 is 4.79 Å². The van der Waals surface area contributed by atoms with E-state index in [4.69, 9.17) is 0 Å². The van der Waals surface area contributed by atoms with Gasteiger partial charge in [-0.15, -0.1) is 14.8 Å². The van der Waals surface area contributed by atoms with Crippen LogP contribution >= 0.6 is 0 Å². The molecule has 0 bridgehead atoms. The van der Waals surface area contributed by atoms with Crippen molar-refractivity contribution >= 4 is 17.4 Å². The third-order valence-electron chi connectivity index (χ3n) is 4.36. The molecule has 128 valence electrons. The summed E-state index contributed by atoms with van der Waals surface area (Å²) in [4.78, 5) is 18.7. The van der Waals surface area contributed by atoms with Crippen molar-refractivity contribution in [2.45, 2.75) is 19.4 Å². The molecule has 25 heavy (non-hydrogen) atoms. The van der Waals surface area contributed by atoms with Crippen LogP contribution in [0.15, 0.2) is 36.7 Å². The van der Waals surface area contributed by atoms with Crippen LogP contribution in [0.3, 0.4) is 0 Å². The molecule has 1 atom stereocenters. The maximum absolute atomic E-state index is 12.5. The Kier molecular flexibility index (Phi) is 4.19. The third-order valence-corrected chi connectivity index (χ3v) is 4.36. The zero-order valence-electron chi connectivity index (χ0n) is 13.6. The van der Waals surface area contributed by atoms with Gasteiger partial charge < -0.3 is 10.2 Å². The fourth-order valence-electron chi connectivity index (χ4n) is 3.04. The number of carbonyl (C=O) groups is 1. The molecule has 9 heteroatoms. The summed E-state index contributed by atoms with van der Waals surface area (Å²) >= 11 is 0. The van der Waals surface area contributed by atoms with Crippen LogP contribution in [0.1, 0.15) is 18.4 Å². The van der Waals surface area contributed by atoms with E-state index in [9.17, 15) is 4.79 Å². The standard InChI is InChI=1S/C16H18N8O/c25-16(18-10-12-3-1-7-17-9-12)13-4-2-8-23(11-13)15-6-5-14-19-21-22-24(14)20-15/h1,3,5-7,9,13H,2,4,8,10-11H2,(H,18,25)/t13-/m0/s1. The number of pyridine rings is 1. The highest BCUT2D eigenvalue weighted by Gasteiger charge is 2.26. The third kappa shape index (κ3) is 3.39. The smallest absolute Gasteiger partial charge is 0.225 e. The molecule has 1 N–H and O–H groups in total. The lowest BCUT2D eigenvalue weighted by molar-refractivity contribution is -0.125. The second-order valence-corrected chi connectivity index (χ2v) is 6.08. The van der Waals surface area contributed by atoms with Crippen molar-refractivity contribution in [3.63, 3.8) is 0 Å². The SMILES string of the molecule is O=C(NCc1cccnc1)[C@H]1CCCN(c2ccc3nnnn3n2)C1. The van der Waals surface area contributed by atoms with E-state index in [0.717, 1.165) is 30.8 Å². The molecular weight excluding hydrogens is 320 g/mol. The summed E-state index contributed by atoms with van der Waals surface area (Å²) in [5.41, 5.74) is 1.60. The summed E-state index contributed by atoms with van der Waals surface area (Å²) in [6.45, 7) is 2.00. The number of hydrogen-bond acceptors (Lipinski definition) is 7. The van der Waals surface area contributed by atoms with Crippen LogP contribution in [0.25, 0.3) is 5.65 Å². The van der Waals surface area contributed by atoms with Gasteiger partial charge in [0.2, 0.25) is 5.91 Å². The van der Waals surface area contributed by atoms with Gasteiger partial charge in [0.05, 0.1) is 5.92 Å². The van der Waals surface area contributed by atoms with E-state index in [-0.39, 0.29) is 11.8 Å². The van der Waals surface area contributed by atoms with Gasteiger partial charge in [0.25, 0.3) is 0 Å². The minimum absolute atomic E-state index is 0.0585. The number of piperidine rings is 1. The Bertz CT molecular complexity index is 865. The Hall–Kier alpha value is -3.10. The molecule has 3 aromatic rings. The van der Waals surface area contributed by atoms with Crippen molar-refractivity contribution in [1.29, 1.82) is 0 Å². The molecule has 9 nitrogen and oxygen atoms in total. The minimum Gasteiger partial charge on any atom is -0.354 e. The second-order valence-electron chi connectivity index (χ2n) is 6.08. The average Bonchev–Trinajstić information content (AvgIpc) is 3.15. The molecule has 1 aliphatic heterocycles. The summed E-state index contributed by atoms with van der Waals surface area (Å²) in [5.74, 6) is 0.790. The van der Waals surface area contributed by atoms with Gasteiger partial charge in [0, 0.05) is 32.0 Å². The van der Waals surface area contributed by atoms with Gasteiger partial charge in [-0.25, -0.2) is 0 Å². The summed E-state index contributed by atoms with van der Waals surface area (Å²) in [5, 5.41) is 18.7. The van der Waals surface area contributed by atoms with Gasteiger partial charge in [-0.05, 0) is 47.0 Å². The maximum Gasteiger partial charge on any atom is 0.225 e. The Morgan fingerprint density at radius 2 is 2.28 bits per heavy atom. The average molecular weight is 338 g/mol. The topological polar surface area (TPSA) is 101 Å². The summed E-state index contributed by atoms with van der Waals surface area (Å²) in [7, 11) is 0. The van der Waals surface area contributed by atoms with Crippen molar-refractivity contribution in [2.24, 2.45) is 5.92 Å². The molecular formula is C16H18N8O. The normalized spacial score (nSPS) is 17.6. The van der Waals surface area contributed by atoms with Gasteiger partial charge in [-0.2, -0.15) is 0 Å². The first kappa shape index (κ1) is 15.4. The first-order valence-electron chi connectivity index (χ1n) is 8.26. The molecule has 1 amide bonds. The van der Waals surface area contributed by atoms with Gasteiger partial charge in [-0.1, -0.05) is 6.07 Å². The molecule has 0 saturated carbocycles. The summed E-state index contributed by atoms with van der Waals surface area (Å²) in [6.07, 6.45) is 5.31. The Morgan fingerprint density at radius 1 is 1.32 bits per heavy atom. The largest absolute Gasteiger partial charge is 0.354 e. The van der Waals surface area contributed by atoms with E-state index >= 15 is 0 Å². The van der Waals surface area contributed by atoms with Crippen LogP contribution in [-0.4, -0.2) is 49.2 Å². The number of amides is 1. The van der Waals surface area contributed by atoms with Crippen LogP contribution in [0.5, 0.6) is 0 Å². The molecule has 4 heterocycles. The highest BCUT2D eigenvalue weighted by Crippen LogP contribution is 2.21. The van der Waals surface area contributed by atoms with E-state index in [1.807, 2.05) is 24.3 Å². The van der Waals surface area contributed by atoms with Gasteiger partial charge in [0.1, 0.15) is 0 Å². The van der Waals surface area contributed by atoms with Crippen LogP contribution in [0, 0.1) is 5.92 Å². The molecule has 3 aromatic heterocycles. The number of anilines is 1. The molecule has 0 radical (unpaired) electrons. The number of hydrogen-bond donors (Lipinski definition) is 1. The molecule has 1 saturated heterocycles. The van der Waals surface area contributed by atoms with Crippen molar-refractivity contribution in [2.75, 3.05) is 18.0 Å². The molecule has 4 rings (SSSR count). The van der Waals surface area contributed by atoms with Crippen molar-refractivity contribution in [3.8, 4) is 0 Å². The minimum atomic E-state index is -0.0585. The highest BCUT2D eigenvalue weighted by molar-refractivity contribution is 5.79. The predicted octanol–water partition coefficient (Wildman–Crippen LogP) is 0.447. The zero-order valence-corrected chi connectivity index (χ0v) is 13.6. The number of carbonyl (C=O) groups excluding carboxylic acids is 1. The number of fused-ring (bicyclic) bond motifs is 1. The number of tetrazole rings is 1. The second kappa shape index (κ2) is 6.80. The Morgan fingerprint density at radius 3 is 3.16 bits per heavy atom. The van der Waals surface area contributed by atoms with E-state index in [1.165, 1.54) is 4.63 Å². The van der Waals surface area contributed by atoms with Crippen molar-refractivity contribution in [1.82, 2.24) is 35.6 Å². The first-order chi connectivity index (χ1) is 12.3. The Labute approximate surface area is 144 Å². The van der Waals surface area contributed by atoms with Crippen LogP contribution < -0.4 is 10.2 Å². The number of nitrogens with one attached hydrogen (secondary N) is 1. The molecule has 0 aliphatic carbocycles. The monoisotopic (exact) mass is 338 g/mol. The highest BCUT2D eigenvalue weighted by atomic mass is 16.1. The quantitative estimate of drug-likeness (QED) is 0.737. The lowest BCUT2D eigenvalue weighted by Gasteiger charge is -2.32. The van der Waals surface area contributed by atoms with E-state index in [1.54, 1.807) is 12.4 Å². The molecule has 0 unspecified atom stereocenters. The van der Waals surface area contributed by atoms with Crippen LogP contribution in [0.4, 0.5) is 5.82 Å². The number of rotatable bonds is 4. The van der Waals surface area contributed by atoms with Gasteiger partial charge in [0.15, 0.2) is 11.5 Å². The van der Waals surface area contributed by atoms with Crippen LogP contribution in [0.2, 0.25) is 0 Å². The maximum atomic E-state index is 12.5. The van der Waals surface area contributed by atoms with E-state index in [2.05, 4.69) is 35.8 Å². The molecule has 1 fully saturated rings. The van der Waals surface area contributed by atoms with Gasteiger partial charge >= 0.3 is 0 Å². The summed E-state index contributed by atoms with van der Waals surface area (Å²) in [6, 6.07) is 7.53. The van der Waals surface area contributed by atoms with Crippen molar-refractivity contribution in [3.05, 3.63) is 42.2 Å². The first-order valence-corrected chi connectivity index (χ1v) is 8.26. The molecule has 0 spiro atoms. The molecule has 0 aromatic carbocycles. The number of nitrogens with zero attached hydrogens (tertiary/aromatic N) is 7. The fraction of sp³-hybridized carbons (Fsp3) is 0.375. The van der Waals surface area contributed by atoms with Gasteiger partial charge in [-0.3, -0.25) is 9.78 Å². The molecule has 1 aliphatic rings. The van der Waals surface area contributed by atoms with E-state index < -0.39 is 0 Å². The van der Waals surface area contributed by atoms with Crippen LogP contribution in [-0.2, 0) is 11.3 Å². The summed E-state index contributed by atoms with van der Waals surface area (Å²) < 4.78 is 1.40. The number of aromatic nitrogens is 6. The lowest BCUT2D eigenvalue weighted by Crippen LogP contribution is -2.43. The van der Waals surface area contributed by atoms with E-state index in [0.29, 0.717) is 18.7 Å². The Balaban J connectivity index is 1.40. The zero-order chi connectivity index (χ0) is 17.1. The fourth-order valence-corrected chi connectivity index (χ4v) is 3.04. The lowest BCUT2D eigenvalue weighted by atomic mass is 9.97. The predicted molar refractivity (Wildman–Crippen MR) is 89.6 cm³/mol.